The highest BCUT2D eigenvalue weighted by Crippen LogP contribution is 2.40. The normalized spacial score (nSPS) is 14.8. The molecule has 1 amide bonds. The number of thiophene rings is 2. The summed E-state index contributed by atoms with van der Waals surface area (Å²) in [5.74, 6) is 1.38. The summed E-state index contributed by atoms with van der Waals surface area (Å²) >= 11 is 3.13. The van der Waals surface area contributed by atoms with Gasteiger partial charge < -0.3 is 5.32 Å². The first-order valence-electron chi connectivity index (χ1n) is 9.78. The first-order valence-corrected chi connectivity index (χ1v) is 11.5. The van der Waals surface area contributed by atoms with Crippen molar-refractivity contribution in [2.45, 2.75) is 38.6 Å². The SMILES string of the molecule is Cc1nc(C2CC2)nc2sc(C(=O)NC(c3ccccc3)c3cccs3)c(C)c12. The minimum absolute atomic E-state index is 0.0554. The molecule has 3 aromatic heterocycles. The van der Waals surface area contributed by atoms with E-state index in [-0.39, 0.29) is 11.9 Å². The third kappa shape index (κ3) is 3.47. The van der Waals surface area contributed by atoms with E-state index in [4.69, 9.17) is 9.97 Å². The van der Waals surface area contributed by atoms with Crippen LogP contribution in [0, 0.1) is 13.8 Å². The molecule has 1 aliphatic rings. The average Bonchev–Trinajstić information content (AvgIpc) is 3.33. The first kappa shape index (κ1) is 18.5. The molecule has 29 heavy (non-hydrogen) atoms. The second kappa shape index (κ2) is 7.35. The smallest absolute Gasteiger partial charge is 0.262 e. The molecule has 1 aliphatic carbocycles. The Bertz CT molecular complexity index is 1180. The Balaban J connectivity index is 1.51. The van der Waals surface area contributed by atoms with Crippen molar-refractivity contribution in [2.75, 3.05) is 0 Å². The highest BCUT2D eigenvalue weighted by molar-refractivity contribution is 7.20. The van der Waals surface area contributed by atoms with Crippen LogP contribution in [0.2, 0.25) is 0 Å². The number of fused-ring (bicyclic) bond motifs is 1. The van der Waals surface area contributed by atoms with Crippen molar-refractivity contribution in [2.24, 2.45) is 0 Å². The Labute approximate surface area is 177 Å². The fourth-order valence-corrected chi connectivity index (χ4v) is 5.66. The average molecular weight is 420 g/mol. The van der Waals surface area contributed by atoms with Crippen LogP contribution in [-0.2, 0) is 0 Å². The number of nitrogens with zero attached hydrogens (tertiary/aromatic N) is 2. The van der Waals surface area contributed by atoms with Gasteiger partial charge in [0.1, 0.15) is 10.7 Å². The second-order valence-electron chi connectivity index (χ2n) is 7.51. The van der Waals surface area contributed by atoms with Crippen molar-refractivity contribution in [3.63, 3.8) is 0 Å². The quantitative estimate of drug-likeness (QED) is 0.447. The lowest BCUT2D eigenvalue weighted by Crippen LogP contribution is -2.28. The Kier molecular flexibility index (Phi) is 4.68. The highest BCUT2D eigenvalue weighted by Gasteiger charge is 2.29. The molecule has 1 saturated carbocycles. The number of aryl methyl sites for hydroxylation is 2. The van der Waals surface area contributed by atoms with Crippen molar-refractivity contribution in [3.05, 3.63) is 80.2 Å². The number of carbonyl (C=O) groups excluding carboxylic acids is 1. The van der Waals surface area contributed by atoms with Gasteiger partial charge in [0.2, 0.25) is 0 Å². The minimum Gasteiger partial charge on any atom is -0.340 e. The van der Waals surface area contributed by atoms with Crippen molar-refractivity contribution in [1.82, 2.24) is 15.3 Å². The Hall–Kier alpha value is -2.57. The van der Waals surface area contributed by atoms with Gasteiger partial charge in [-0.1, -0.05) is 36.4 Å². The van der Waals surface area contributed by atoms with Crippen LogP contribution in [0.25, 0.3) is 10.2 Å². The number of nitrogens with one attached hydrogen (secondary N) is 1. The Morgan fingerprint density at radius 1 is 1.10 bits per heavy atom. The molecule has 3 heterocycles. The van der Waals surface area contributed by atoms with Gasteiger partial charge in [0, 0.05) is 16.2 Å². The van der Waals surface area contributed by atoms with E-state index < -0.39 is 0 Å². The lowest BCUT2D eigenvalue weighted by atomic mass is 10.0. The molecule has 0 saturated heterocycles. The molecule has 1 fully saturated rings. The molecule has 4 aromatic rings. The summed E-state index contributed by atoms with van der Waals surface area (Å²) in [7, 11) is 0. The summed E-state index contributed by atoms with van der Waals surface area (Å²) in [6.07, 6.45) is 2.34. The van der Waals surface area contributed by atoms with Crippen LogP contribution in [-0.4, -0.2) is 15.9 Å². The highest BCUT2D eigenvalue weighted by atomic mass is 32.1. The maximum Gasteiger partial charge on any atom is 0.262 e. The lowest BCUT2D eigenvalue weighted by Gasteiger charge is -2.18. The predicted octanol–water partition coefficient (Wildman–Crippen LogP) is 5.77. The molecule has 146 valence electrons. The maximum absolute atomic E-state index is 13.3. The molecule has 6 heteroatoms. The molecule has 1 unspecified atom stereocenters. The maximum atomic E-state index is 13.3. The van der Waals surface area contributed by atoms with E-state index in [1.807, 2.05) is 43.5 Å². The number of amides is 1. The molecular formula is C23H21N3OS2. The van der Waals surface area contributed by atoms with Crippen LogP contribution < -0.4 is 5.32 Å². The van der Waals surface area contributed by atoms with E-state index in [1.165, 1.54) is 24.2 Å². The van der Waals surface area contributed by atoms with Gasteiger partial charge in [-0.3, -0.25) is 4.79 Å². The topological polar surface area (TPSA) is 54.9 Å². The van der Waals surface area contributed by atoms with E-state index in [0.717, 1.165) is 42.6 Å². The largest absolute Gasteiger partial charge is 0.340 e. The number of aromatic nitrogens is 2. The summed E-state index contributed by atoms with van der Waals surface area (Å²) in [4.78, 5) is 25.6. The first-order chi connectivity index (χ1) is 14.1. The molecule has 0 spiro atoms. The van der Waals surface area contributed by atoms with Gasteiger partial charge in [-0.2, -0.15) is 0 Å². The molecular weight excluding hydrogens is 398 g/mol. The van der Waals surface area contributed by atoms with Gasteiger partial charge in [-0.25, -0.2) is 9.97 Å². The van der Waals surface area contributed by atoms with Gasteiger partial charge in [-0.05, 0) is 49.3 Å². The number of hydrogen-bond acceptors (Lipinski definition) is 5. The summed E-state index contributed by atoms with van der Waals surface area (Å²) in [5, 5.41) is 6.32. The molecule has 1 N–H and O–H groups in total. The van der Waals surface area contributed by atoms with Crippen LogP contribution in [0.4, 0.5) is 0 Å². The fourth-order valence-electron chi connectivity index (χ4n) is 3.72. The van der Waals surface area contributed by atoms with Gasteiger partial charge >= 0.3 is 0 Å². The molecule has 0 radical (unpaired) electrons. The monoisotopic (exact) mass is 419 g/mol. The summed E-state index contributed by atoms with van der Waals surface area (Å²) in [5.41, 5.74) is 3.02. The van der Waals surface area contributed by atoms with Gasteiger partial charge in [0.25, 0.3) is 5.91 Å². The Morgan fingerprint density at radius 2 is 1.90 bits per heavy atom. The standard InChI is InChI=1S/C23H21N3OS2/c1-13-18-14(2)24-21(16-10-11-16)26-23(18)29-20(13)22(27)25-19(17-9-6-12-28-17)15-7-4-3-5-8-15/h3-9,12,16,19H,10-11H2,1-2H3,(H,25,27). The zero-order valence-electron chi connectivity index (χ0n) is 16.3. The molecule has 4 nitrogen and oxygen atoms in total. The van der Waals surface area contributed by atoms with E-state index in [0.29, 0.717) is 5.92 Å². The number of benzene rings is 1. The second-order valence-corrected chi connectivity index (χ2v) is 9.49. The van der Waals surface area contributed by atoms with E-state index >= 15 is 0 Å². The van der Waals surface area contributed by atoms with Crippen LogP contribution in [0.15, 0.2) is 47.8 Å². The summed E-state index contributed by atoms with van der Waals surface area (Å²) < 4.78 is 0. The van der Waals surface area contributed by atoms with E-state index in [1.54, 1.807) is 11.3 Å². The minimum atomic E-state index is -0.164. The van der Waals surface area contributed by atoms with Crippen LogP contribution in [0.5, 0.6) is 0 Å². The van der Waals surface area contributed by atoms with Crippen LogP contribution >= 0.6 is 22.7 Å². The summed E-state index contributed by atoms with van der Waals surface area (Å²) in [6.45, 7) is 4.03. The van der Waals surface area contributed by atoms with E-state index in [2.05, 4.69) is 23.5 Å². The lowest BCUT2D eigenvalue weighted by molar-refractivity contribution is 0.0947. The molecule has 1 atom stereocenters. The molecule has 0 aliphatic heterocycles. The number of hydrogen-bond donors (Lipinski definition) is 1. The van der Waals surface area contributed by atoms with Gasteiger partial charge in [0.15, 0.2) is 0 Å². The van der Waals surface area contributed by atoms with Crippen molar-refractivity contribution < 1.29 is 4.79 Å². The van der Waals surface area contributed by atoms with Crippen LogP contribution in [0.1, 0.15) is 62.0 Å². The van der Waals surface area contributed by atoms with Gasteiger partial charge in [0.05, 0.1) is 16.6 Å². The third-order valence-corrected chi connectivity index (χ3v) is 7.49. The van der Waals surface area contributed by atoms with Gasteiger partial charge in [-0.15, -0.1) is 22.7 Å². The van der Waals surface area contributed by atoms with Crippen LogP contribution in [0.3, 0.4) is 0 Å². The van der Waals surface area contributed by atoms with E-state index in [9.17, 15) is 4.79 Å². The molecule has 5 rings (SSSR count). The molecule has 1 aromatic carbocycles. The molecule has 0 bridgehead atoms. The third-order valence-electron chi connectivity index (χ3n) is 5.37. The zero-order chi connectivity index (χ0) is 20.0. The summed E-state index contributed by atoms with van der Waals surface area (Å²) in [6, 6.07) is 14.0. The van der Waals surface area contributed by atoms with Crippen molar-refractivity contribution in [1.29, 1.82) is 0 Å². The zero-order valence-corrected chi connectivity index (χ0v) is 17.9. The number of rotatable bonds is 5. The van der Waals surface area contributed by atoms with Crippen molar-refractivity contribution >= 4 is 38.8 Å². The number of carbonyl (C=O) groups is 1. The Morgan fingerprint density at radius 3 is 2.59 bits per heavy atom. The van der Waals surface area contributed by atoms with Crippen molar-refractivity contribution in [3.8, 4) is 0 Å². The predicted molar refractivity (Wildman–Crippen MR) is 119 cm³/mol. The fraction of sp³-hybridized carbons (Fsp3) is 0.261.